The normalized spacial score (nSPS) is 11.6. The molecule has 0 saturated heterocycles. The third-order valence-electron chi connectivity index (χ3n) is 2.86. The fourth-order valence-electron chi connectivity index (χ4n) is 1.77. The minimum atomic E-state index is 0.169. The second kappa shape index (κ2) is 6.03. The highest BCUT2D eigenvalue weighted by Gasteiger charge is 2.15. The minimum absolute atomic E-state index is 0.169. The molecule has 0 aliphatic carbocycles. The zero-order valence-corrected chi connectivity index (χ0v) is 11.3. The predicted octanol–water partition coefficient (Wildman–Crippen LogP) is 2.04. The molecular weight excluding hydrogens is 212 g/mol. The average molecular weight is 236 g/mol. The molecule has 0 aliphatic rings. The summed E-state index contributed by atoms with van der Waals surface area (Å²) >= 11 is 0. The van der Waals surface area contributed by atoms with Crippen LogP contribution in [0.1, 0.15) is 31.9 Å². The van der Waals surface area contributed by atoms with Gasteiger partial charge in [0.25, 0.3) is 0 Å². The zero-order chi connectivity index (χ0) is 12.9. The van der Waals surface area contributed by atoms with Crippen molar-refractivity contribution in [1.29, 1.82) is 0 Å². The van der Waals surface area contributed by atoms with Gasteiger partial charge in [-0.25, -0.2) is 0 Å². The van der Waals surface area contributed by atoms with E-state index in [-0.39, 0.29) is 5.41 Å². The molecule has 0 bridgehead atoms. The second-order valence-electron chi connectivity index (χ2n) is 5.23. The second-order valence-corrected chi connectivity index (χ2v) is 5.23. The standard InChI is InChI=1S/C14H24N2O/c1-14(2,3)12-5-6-13(17-4)11(9-12)7-8-16-10-15/h5-6,9,16H,7-8,10,15H2,1-4H3. The fraction of sp³-hybridized carbons (Fsp3) is 0.571. The molecular formula is C14H24N2O. The Labute approximate surface area is 104 Å². The molecule has 1 aromatic rings. The first-order valence-electron chi connectivity index (χ1n) is 6.07. The van der Waals surface area contributed by atoms with Crippen LogP contribution in [-0.4, -0.2) is 20.3 Å². The predicted molar refractivity (Wildman–Crippen MR) is 72.5 cm³/mol. The summed E-state index contributed by atoms with van der Waals surface area (Å²) in [4.78, 5) is 0. The van der Waals surface area contributed by atoms with Crippen LogP contribution in [0.3, 0.4) is 0 Å². The maximum absolute atomic E-state index is 5.42. The number of nitrogens with two attached hydrogens (primary N) is 1. The summed E-state index contributed by atoms with van der Waals surface area (Å²) in [5.41, 5.74) is 8.16. The number of methoxy groups -OCH3 is 1. The first-order valence-corrected chi connectivity index (χ1v) is 6.07. The van der Waals surface area contributed by atoms with Gasteiger partial charge in [-0.3, -0.25) is 0 Å². The summed E-state index contributed by atoms with van der Waals surface area (Å²) in [5.74, 6) is 0.955. The van der Waals surface area contributed by atoms with Gasteiger partial charge >= 0.3 is 0 Å². The van der Waals surface area contributed by atoms with Gasteiger partial charge in [0.15, 0.2) is 0 Å². The van der Waals surface area contributed by atoms with Gasteiger partial charge < -0.3 is 15.8 Å². The van der Waals surface area contributed by atoms with Crippen molar-refractivity contribution in [2.75, 3.05) is 20.3 Å². The summed E-state index contributed by atoms with van der Waals surface area (Å²) in [6.45, 7) is 8.05. The molecule has 0 unspecified atom stereocenters. The molecule has 0 amide bonds. The zero-order valence-electron chi connectivity index (χ0n) is 11.3. The third kappa shape index (κ3) is 4.02. The number of benzene rings is 1. The Kier molecular flexibility index (Phi) is 4.97. The van der Waals surface area contributed by atoms with E-state index in [0.717, 1.165) is 18.7 Å². The Morgan fingerprint density at radius 2 is 2.00 bits per heavy atom. The van der Waals surface area contributed by atoms with Crippen molar-refractivity contribution < 1.29 is 4.74 Å². The van der Waals surface area contributed by atoms with E-state index < -0.39 is 0 Å². The molecule has 0 aromatic heterocycles. The van der Waals surface area contributed by atoms with Crippen molar-refractivity contribution in [3.8, 4) is 5.75 Å². The van der Waals surface area contributed by atoms with E-state index in [9.17, 15) is 0 Å². The summed E-state index contributed by atoms with van der Waals surface area (Å²) in [5, 5.41) is 3.13. The van der Waals surface area contributed by atoms with Crippen LogP contribution in [0.4, 0.5) is 0 Å². The number of rotatable bonds is 5. The van der Waals surface area contributed by atoms with Crippen LogP contribution < -0.4 is 15.8 Å². The lowest BCUT2D eigenvalue weighted by molar-refractivity contribution is 0.408. The number of nitrogens with one attached hydrogen (secondary N) is 1. The summed E-state index contributed by atoms with van der Waals surface area (Å²) in [7, 11) is 1.71. The van der Waals surface area contributed by atoms with Gasteiger partial charge in [0.1, 0.15) is 5.75 Å². The van der Waals surface area contributed by atoms with Crippen molar-refractivity contribution in [3.63, 3.8) is 0 Å². The maximum atomic E-state index is 5.42. The summed E-state index contributed by atoms with van der Waals surface area (Å²) in [6, 6.07) is 6.42. The van der Waals surface area contributed by atoms with E-state index >= 15 is 0 Å². The van der Waals surface area contributed by atoms with Crippen molar-refractivity contribution in [2.45, 2.75) is 32.6 Å². The van der Waals surface area contributed by atoms with E-state index in [1.807, 2.05) is 0 Å². The molecule has 1 rings (SSSR count). The molecule has 3 N–H and O–H groups in total. The van der Waals surface area contributed by atoms with Gasteiger partial charge in [-0.15, -0.1) is 0 Å². The molecule has 0 radical (unpaired) electrons. The van der Waals surface area contributed by atoms with Gasteiger partial charge in [0.05, 0.1) is 7.11 Å². The van der Waals surface area contributed by atoms with Crippen LogP contribution >= 0.6 is 0 Å². The first-order chi connectivity index (χ1) is 7.99. The SMILES string of the molecule is COc1ccc(C(C)(C)C)cc1CCNCN. The van der Waals surface area contributed by atoms with Crippen molar-refractivity contribution in [1.82, 2.24) is 5.32 Å². The average Bonchev–Trinajstić information content (AvgIpc) is 2.28. The van der Waals surface area contributed by atoms with Crippen LogP contribution in [0, 0.1) is 0 Å². The maximum Gasteiger partial charge on any atom is 0.122 e. The van der Waals surface area contributed by atoms with E-state index in [4.69, 9.17) is 10.5 Å². The highest BCUT2D eigenvalue weighted by atomic mass is 16.5. The van der Waals surface area contributed by atoms with E-state index in [2.05, 4.69) is 44.3 Å². The van der Waals surface area contributed by atoms with Crippen LogP contribution in [0.15, 0.2) is 18.2 Å². The summed E-state index contributed by atoms with van der Waals surface area (Å²) < 4.78 is 5.38. The quantitative estimate of drug-likeness (QED) is 0.607. The molecule has 0 aliphatic heterocycles. The molecule has 0 fully saturated rings. The van der Waals surface area contributed by atoms with Crippen LogP contribution in [0.5, 0.6) is 5.75 Å². The van der Waals surface area contributed by atoms with Gasteiger partial charge in [-0.05, 0) is 29.0 Å². The van der Waals surface area contributed by atoms with E-state index in [1.54, 1.807) is 7.11 Å². The lowest BCUT2D eigenvalue weighted by atomic mass is 9.85. The van der Waals surface area contributed by atoms with Gasteiger partial charge in [-0.1, -0.05) is 32.9 Å². The lowest BCUT2D eigenvalue weighted by Gasteiger charge is -2.21. The minimum Gasteiger partial charge on any atom is -0.496 e. The lowest BCUT2D eigenvalue weighted by Crippen LogP contribution is -2.24. The highest BCUT2D eigenvalue weighted by molar-refractivity contribution is 5.39. The number of ether oxygens (including phenoxy) is 1. The van der Waals surface area contributed by atoms with Crippen molar-refractivity contribution in [3.05, 3.63) is 29.3 Å². The van der Waals surface area contributed by atoms with Crippen LogP contribution in [0.25, 0.3) is 0 Å². The Morgan fingerprint density at radius 1 is 1.29 bits per heavy atom. The van der Waals surface area contributed by atoms with E-state index in [0.29, 0.717) is 6.67 Å². The Bertz CT molecular complexity index is 356. The van der Waals surface area contributed by atoms with Gasteiger partial charge in [0.2, 0.25) is 0 Å². The number of hydrogen-bond donors (Lipinski definition) is 2. The highest BCUT2D eigenvalue weighted by Crippen LogP contribution is 2.28. The van der Waals surface area contributed by atoms with Gasteiger partial charge in [-0.2, -0.15) is 0 Å². The van der Waals surface area contributed by atoms with Crippen LogP contribution in [-0.2, 0) is 11.8 Å². The molecule has 0 heterocycles. The Hall–Kier alpha value is -1.06. The smallest absolute Gasteiger partial charge is 0.122 e. The van der Waals surface area contributed by atoms with Crippen molar-refractivity contribution >= 4 is 0 Å². The monoisotopic (exact) mass is 236 g/mol. The number of hydrogen-bond acceptors (Lipinski definition) is 3. The molecule has 0 saturated carbocycles. The third-order valence-corrected chi connectivity index (χ3v) is 2.86. The Morgan fingerprint density at radius 3 is 2.53 bits per heavy atom. The molecule has 1 aromatic carbocycles. The topological polar surface area (TPSA) is 47.3 Å². The van der Waals surface area contributed by atoms with E-state index in [1.165, 1.54) is 11.1 Å². The molecule has 0 spiro atoms. The molecule has 96 valence electrons. The molecule has 3 heteroatoms. The largest absolute Gasteiger partial charge is 0.496 e. The molecule has 0 atom stereocenters. The summed E-state index contributed by atoms with van der Waals surface area (Å²) in [6.07, 6.45) is 0.935. The molecule has 17 heavy (non-hydrogen) atoms. The first kappa shape index (κ1) is 14.0. The van der Waals surface area contributed by atoms with Gasteiger partial charge in [0, 0.05) is 13.2 Å². The van der Waals surface area contributed by atoms with Crippen LogP contribution in [0.2, 0.25) is 0 Å². The Balaban J connectivity index is 2.90. The molecule has 3 nitrogen and oxygen atoms in total. The fourth-order valence-corrected chi connectivity index (χ4v) is 1.77. The van der Waals surface area contributed by atoms with Crippen molar-refractivity contribution in [2.24, 2.45) is 5.73 Å².